The Labute approximate surface area is 206 Å². The molecule has 8 nitrogen and oxygen atoms in total. The zero-order chi connectivity index (χ0) is 25.8. The molecule has 4 rings (SSSR count). The van der Waals surface area contributed by atoms with Gasteiger partial charge >= 0.3 is 17.9 Å². The number of benzene rings is 4. The van der Waals surface area contributed by atoms with Crippen molar-refractivity contribution < 1.29 is 39.1 Å². The fourth-order valence-corrected chi connectivity index (χ4v) is 3.75. The average molecular weight is 486 g/mol. The third-order valence-corrected chi connectivity index (χ3v) is 5.53. The SMILES string of the molecule is Cc1ccc(COOc2ccc(OC(=O)c3ccc(C)cc3C(=O)O)c3ccccc23)c(C(=O)O)c1. The number of rotatable bonds is 8. The van der Waals surface area contributed by atoms with Crippen molar-refractivity contribution in [3.8, 4) is 11.5 Å². The van der Waals surface area contributed by atoms with E-state index in [1.54, 1.807) is 68.4 Å². The average Bonchev–Trinajstić information content (AvgIpc) is 2.85. The van der Waals surface area contributed by atoms with Crippen LogP contribution >= 0.6 is 0 Å². The molecule has 0 bridgehead atoms. The summed E-state index contributed by atoms with van der Waals surface area (Å²) in [7, 11) is 0. The first-order chi connectivity index (χ1) is 17.2. The van der Waals surface area contributed by atoms with E-state index in [1.807, 2.05) is 0 Å². The van der Waals surface area contributed by atoms with Crippen molar-refractivity contribution in [1.82, 2.24) is 0 Å². The Balaban J connectivity index is 1.56. The Morgan fingerprint density at radius 1 is 0.694 bits per heavy atom. The van der Waals surface area contributed by atoms with Crippen LogP contribution in [0.2, 0.25) is 0 Å². The second-order valence-electron chi connectivity index (χ2n) is 8.16. The van der Waals surface area contributed by atoms with Gasteiger partial charge in [-0.25, -0.2) is 14.4 Å². The molecule has 182 valence electrons. The molecule has 0 aliphatic heterocycles. The highest BCUT2D eigenvalue weighted by molar-refractivity contribution is 6.04. The molecule has 2 N–H and O–H groups in total. The van der Waals surface area contributed by atoms with Crippen molar-refractivity contribution in [2.24, 2.45) is 0 Å². The third-order valence-electron chi connectivity index (χ3n) is 5.53. The molecule has 0 saturated carbocycles. The van der Waals surface area contributed by atoms with Crippen LogP contribution in [-0.2, 0) is 11.5 Å². The van der Waals surface area contributed by atoms with Crippen molar-refractivity contribution in [2.45, 2.75) is 20.5 Å². The molecule has 0 saturated heterocycles. The molecule has 0 aliphatic carbocycles. The third kappa shape index (κ3) is 5.18. The first-order valence-corrected chi connectivity index (χ1v) is 10.9. The molecular formula is C28H22O8. The van der Waals surface area contributed by atoms with Crippen molar-refractivity contribution >= 4 is 28.7 Å². The highest BCUT2D eigenvalue weighted by Gasteiger charge is 2.20. The molecule has 0 aromatic heterocycles. The Morgan fingerprint density at radius 3 is 1.94 bits per heavy atom. The molecule has 0 heterocycles. The lowest BCUT2D eigenvalue weighted by Crippen LogP contribution is -2.14. The molecular weight excluding hydrogens is 464 g/mol. The van der Waals surface area contributed by atoms with Gasteiger partial charge in [-0.1, -0.05) is 53.6 Å². The van der Waals surface area contributed by atoms with Gasteiger partial charge in [0.15, 0.2) is 5.75 Å². The fourth-order valence-electron chi connectivity index (χ4n) is 3.75. The van der Waals surface area contributed by atoms with E-state index in [-0.39, 0.29) is 29.0 Å². The normalized spacial score (nSPS) is 10.7. The maximum absolute atomic E-state index is 12.8. The summed E-state index contributed by atoms with van der Waals surface area (Å²) in [6.45, 7) is 3.44. The predicted octanol–water partition coefficient (Wildman–Crippen LogP) is 5.58. The molecule has 4 aromatic carbocycles. The number of carbonyl (C=O) groups excluding carboxylic acids is 1. The lowest BCUT2D eigenvalue weighted by atomic mass is 10.0. The van der Waals surface area contributed by atoms with Crippen molar-refractivity contribution in [3.05, 3.63) is 106 Å². The van der Waals surface area contributed by atoms with Crippen LogP contribution in [0.4, 0.5) is 0 Å². The number of carboxylic acids is 2. The van der Waals surface area contributed by atoms with E-state index in [1.165, 1.54) is 18.2 Å². The second kappa shape index (κ2) is 10.3. The van der Waals surface area contributed by atoms with E-state index >= 15 is 0 Å². The lowest BCUT2D eigenvalue weighted by Gasteiger charge is -2.13. The number of aromatic carboxylic acids is 2. The molecule has 4 aromatic rings. The van der Waals surface area contributed by atoms with E-state index in [2.05, 4.69) is 0 Å². The molecule has 0 unspecified atom stereocenters. The standard InChI is InChI=1S/C28H22O8/c1-16-7-9-18(22(13-16)26(29)30)15-34-36-25-12-11-24(19-5-3-4-6-20(19)25)35-28(33)21-10-8-17(2)14-23(21)27(31)32/h3-14H,15H2,1-2H3,(H,29,30)(H,31,32). The van der Waals surface area contributed by atoms with Crippen LogP contribution in [0.5, 0.6) is 11.5 Å². The number of hydrogen-bond donors (Lipinski definition) is 2. The molecule has 8 heteroatoms. The van der Waals surface area contributed by atoms with Crippen LogP contribution in [-0.4, -0.2) is 28.1 Å². The van der Waals surface area contributed by atoms with Crippen LogP contribution in [0, 0.1) is 13.8 Å². The van der Waals surface area contributed by atoms with E-state index in [0.29, 0.717) is 27.6 Å². The molecule has 0 spiro atoms. The number of aryl methyl sites for hydroxylation is 2. The summed E-state index contributed by atoms with van der Waals surface area (Å²) in [6, 6.07) is 19.5. The summed E-state index contributed by atoms with van der Waals surface area (Å²) >= 11 is 0. The molecule has 0 atom stereocenters. The largest absolute Gasteiger partial charge is 0.478 e. The summed E-state index contributed by atoms with van der Waals surface area (Å²) in [4.78, 5) is 46.8. The van der Waals surface area contributed by atoms with Gasteiger partial charge in [0.25, 0.3) is 0 Å². The smallest absolute Gasteiger partial charge is 0.344 e. The quantitative estimate of drug-likeness (QED) is 0.143. The van der Waals surface area contributed by atoms with E-state index in [9.17, 15) is 24.6 Å². The number of ether oxygens (including phenoxy) is 1. The summed E-state index contributed by atoms with van der Waals surface area (Å²) in [6.07, 6.45) is 0. The molecule has 0 amide bonds. The number of carboxylic acid groups (broad SMARTS) is 2. The molecule has 36 heavy (non-hydrogen) atoms. The summed E-state index contributed by atoms with van der Waals surface area (Å²) < 4.78 is 5.56. The van der Waals surface area contributed by atoms with Gasteiger partial charge in [-0.15, -0.1) is 0 Å². The Morgan fingerprint density at radius 2 is 1.28 bits per heavy atom. The van der Waals surface area contributed by atoms with Crippen molar-refractivity contribution in [3.63, 3.8) is 0 Å². The van der Waals surface area contributed by atoms with Gasteiger partial charge in [-0.05, 0) is 49.7 Å². The minimum atomic E-state index is -1.23. The van der Waals surface area contributed by atoms with Gasteiger partial charge in [-0.2, -0.15) is 4.89 Å². The maximum Gasteiger partial charge on any atom is 0.344 e. The Kier molecular flexibility index (Phi) is 6.98. The van der Waals surface area contributed by atoms with Gasteiger partial charge in [0.2, 0.25) is 0 Å². The number of esters is 1. The maximum atomic E-state index is 12.8. The molecule has 0 radical (unpaired) electrons. The first kappa shape index (κ1) is 24.4. The van der Waals surface area contributed by atoms with E-state index in [0.717, 1.165) is 5.56 Å². The Hall–Kier alpha value is -4.69. The highest BCUT2D eigenvalue weighted by Crippen LogP contribution is 2.34. The van der Waals surface area contributed by atoms with Crippen LogP contribution in [0.15, 0.2) is 72.8 Å². The van der Waals surface area contributed by atoms with Crippen LogP contribution in [0.1, 0.15) is 47.8 Å². The van der Waals surface area contributed by atoms with Crippen molar-refractivity contribution in [2.75, 3.05) is 0 Å². The van der Waals surface area contributed by atoms with Gasteiger partial charge in [0, 0.05) is 10.8 Å². The summed E-state index contributed by atoms with van der Waals surface area (Å²) in [5.74, 6) is -2.55. The molecule has 0 fully saturated rings. The van der Waals surface area contributed by atoms with Crippen LogP contribution < -0.4 is 9.62 Å². The van der Waals surface area contributed by atoms with E-state index in [4.69, 9.17) is 14.5 Å². The minimum Gasteiger partial charge on any atom is -0.478 e. The van der Waals surface area contributed by atoms with Crippen LogP contribution in [0.25, 0.3) is 10.8 Å². The van der Waals surface area contributed by atoms with Gasteiger partial charge < -0.3 is 19.8 Å². The predicted molar refractivity (Wildman–Crippen MR) is 131 cm³/mol. The van der Waals surface area contributed by atoms with E-state index < -0.39 is 17.9 Å². The Bertz CT molecular complexity index is 1490. The summed E-state index contributed by atoms with van der Waals surface area (Å²) in [5, 5.41) is 20.0. The first-order valence-electron chi connectivity index (χ1n) is 10.9. The molecule has 0 aliphatic rings. The van der Waals surface area contributed by atoms with Gasteiger partial charge in [-0.3, -0.25) is 0 Å². The second-order valence-corrected chi connectivity index (χ2v) is 8.16. The van der Waals surface area contributed by atoms with Crippen LogP contribution in [0.3, 0.4) is 0 Å². The summed E-state index contributed by atoms with van der Waals surface area (Å²) in [5.41, 5.74) is 1.90. The number of hydrogen-bond acceptors (Lipinski definition) is 6. The monoisotopic (exact) mass is 486 g/mol. The van der Waals surface area contributed by atoms with Crippen molar-refractivity contribution in [1.29, 1.82) is 0 Å². The zero-order valence-corrected chi connectivity index (χ0v) is 19.5. The number of fused-ring (bicyclic) bond motifs is 1. The lowest BCUT2D eigenvalue weighted by molar-refractivity contribution is -0.216. The topological polar surface area (TPSA) is 119 Å². The number of carbonyl (C=O) groups is 3. The van der Waals surface area contributed by atoms with Gasteiger partial charge in [0.05, 0.1) is 16.7 Å². The fraction of sp³-hybridized carbons (Fsp3) is 0.107. The zero-order valence-electron chi connectivity index (χ0n) is 19.5. The minimum absolute atomic E-state index is 0.0619. The van der Waals surface area contributed by atoms with Gasteiger partial charge in [0.1, 0.15) is 12.4 Å². The highest BCUT2D eigenvalue weighted by atomic mass is 17.2.